The van der Waals surface area contributed by atoms with Crippen LogP contribution in [0.2, 0.25) is 0 Å². The lowest BCUT2D eigenvalue weighted by Crippen LogP contribution is -2.17. The van der Waals surface area contributed by atoms with Gasteiger partial charge in [0.1, 0.15) is 0 Å². The van der Waals surface area contributed by atoms with E-state index in [2.05, 4.69) is 4.40 Å². The fourth-order valence-corrected chi connectivity index (χ4v) is 5.87. The predicted octanol–water partition coefficient (Wildman–Crippen LogP) is 5.17. The summed E-state index contributed by atoms with van der Waals surface area (Å²) in [7, 11) is -8.14. The molecule has 0 aliphatic carbocycles. The molecule has 152 valence electrons. The van der Waals surface area contributed by atoms with Crippen LogP contribution >= 0.6 is 7.60 Å². The van der Waals surface area contributed by atoms with Gasteiger partial charge >= 0.3 is 7.60 Å². The third-order valence-electron chi connectivity index (χ3n) is 3.52. The van der Waals surface area contributed by atoms with Crippen molar-refractivity contribution in [2.45, 2.75) is 51.7 Å². The lowest BCUT2D eigenvalue weighted by Gasteiger charge is -2.24. The number of nitrogens with zero attached hydrogens (tertiary/aromatic N) is 1. The standard InChI is InChI=1S/C20H26NO5PS/c1-15(2)25-27(22,26-16(3)4)20(18-9-7-6-8-10-18)21-28(23,24)19-13-11-17(5)12-14-19/h6-16H,1-5H3/b21-20+. The molecule has 0 radical (unpaired) electrons. The maximum atomic E-state index is 13.7. The molecule has 2 rings (SSSR count). The summed E-state index contributed by atoms with van der Waals surface area (Å²) in [6, 6.07) is 14.7. The van der Waals surface area contributed by atoms with Crippen molar-refractivity contribution in [1.82, 2.24) is 0 Å². The van der Waals surface area contributed by atoms with Crippen molar-refractivity contribution in [3.8, 4) is 0 Å². The Morgan fingerprint density at radius 3 is 1.86 bits per heavy atom. The van der Waals surface area contributed by atoms with Crippen LogP contribution in [0.4, 0.5) is 0 Å². The fraction of sp³-hybridized carbons (Fsp3) is 0.350. The molecule has 2 aromatic rings. The SMILES string of the molecule is Cc1ccc(S(=O)(=O)/N=C(\c2ccccc2)P(=O)(OC(C)C)OC(C)C)cc1. The molecule has 0 bridgehead atoms. The highest BCUT2D eigenvalue weighted by molar-refractivity contribution is 7.91. The van der Waals surface area contributed by atoms with Gasteiger partial charge in [0.25, 0.3) is 10.0 Å². The summed E-state index contributed by atoms with van der Waals surface area (Å²) in [5.41, 5.74) is 1.06. The van der Waals surface area contributed by atoms with Gasteiger partial charge in [0, 0.05) is 5.56 Å². The van der Waals surface area contributed by atoms with E-state index in [1.54, 1.807) is 70.2 Å². The maximum Gasteiger partial charge on any atom is 0.381 e. The van der Waals surface area contributed by atoms with Gasteiger partial charge in [-0.05, 0) is 46.8 Å². The van der Waals surface area contributed by atoms with Crippen LogP contribution in [0.25, 0.3) is 0 Å². The average Bonchev–Trinajstić information content (AvgIpc) is 2.59. The Morgan fingerprint density at radius 1 is 0.893 bits per heavy atom. The topological polar surface area (TPSA) is 82.0 Å². The van der Waals surface area contributed by atoms with Crippen LogP contribution in [0, 0.1) is 6.92 Å². The number of sulfonamides is 1. The molecule has 0 unspecified atom stereocenters. The molecule has 0 heterocycles. The van der Waals surface area contributed by atoms with Crippen LogP contribution in [0.1, 0.15) is 38.8 Å². The summed E-state index contributed by atoms with van der Waals surface area (Å²) in [5.74, 6) is 0. The van der Waals surface area contributed by atoms with Gasteiger partial charge in [0.05, 0.1) is 17.1 Å². The Balaban J connectivity index is 2.69. The fourth-order valence-electron chi connectivity index (χ4n) is 2.40. The molecular formula is C20H26NO5PS. The second kappa shape index (κ2) is 9.14. The highest BCUT2D eigenvalue weighted by Crippen LogP contribution is 2.54. The van der Waals surface area contributed by atoms with E-state index in [9.17, 15) is 13.0 Å². The van der Waals surface area contributed by atoms with Crippen molar-refractivity contribution in [2.24, 2.45) is 4.40 Å². The first-order valence-corrected chi connectivity index (χ1v) is 12.0. The van der Waals surface area contributed by atoms with Crippen LogP contribution in [0.5, 0.6) is 0 Å². The Hall–Kier alpha value is -1.79. The molecule has 0 aliphatic rings. The van der Waals surface area contributed by atoms with E-state index in [0.29, 0.717) is 5.56 Å². The van der Waals surface area contributed by atoms with E-state index in [-0.39, 0.29) is 10.3 Å². The Labute approximate surface area is 167 Å². The zero-order chi connectivity index (χ0) is 20.9. The van der Waals surface area contributed by atoms with Crippen LogP contribution in [0.15, 0.2) is 63.9 Å². The van der Waals surface area contributed by atoms with E-state index in [0.717, 1.165) is 5.56 Å². The molecule has 2 aromatic carbocycles. The van der Waals surface area contributed by atoms with Crippen LogP contribution in [0.3, 0.4) is 0 Å². The predicted molar refractivity (Wildman–Crippen MR) is 111 cm³/mol. The van der Waals surface area contributed by atoms with E-state index < -0.39 is 29.8 Å². The van der Waals surface area contributed by atoms with Crippen LogP contribution in [-0.4, -0.2) is 26.1 Å². The summed E-state index contributed by atoms with van der Waals surface area (Å²) < 4.78 is 54.7. The van der Waals surface area contributed by atoms with Gasteiger partial charge in [-0.1, -0.05) is 48.0 Å². The minimum absolute atomic E-state index is 0.00664. The summed E-state index contributed by atoms with van der Waals surface area (Å²) in [4.78, 5) is 0.00664. The second-order valence-corrected chi connectivity index (χ2v) is 10.3. The largest absolute Gasteiger partial charge is 0.381 e. The lowest BCUT2D eigenvalue weighted by molar-refractivity contribution is 0.152. The molecule has 28 heavy (non-hydrogen) atoms. The van der Waals surface area contributed by atoms with Gasteiger partial charge in [-0.3, -0.25) is 4.57 Å². The zero-order valence-electron chi connectivity index (χ0n) is 16.7. The molecule has 0 aliphatic heterocycles. The molecule has 0 spiro atoms. The van der Waals surface area contributed by atoms with E-state index >= 15 is 0 Å². The first-order valence-electron chi connectivity index (χ1n) is 8.98. The Kier molecular flexibility index (Phi) is 7.34. The molecule has 8 heteroatoms. The minimum Gasteiger partial charge on any atom is -0.301 e. The first kappa shape index (κ1) is 22.5. The van der Waals surface area contributed by atoms with E-state index in [4.69, 9.17) is 9.05 Å². The van der Waals surface area contributed by atoms with Crippen LogP contribution < -0.4 is 0 Å². The molecular weight excluding hydrogens is 397 g/mol. The third kappa shape index (κ3) is 5.85. The number of rotatable bonds is 8. The normalized spacial score (nSPS) is 13.3. The first-order chi connectivity index (χ1) is 13.0. The average molecular weight is 423 g/mol. The van der Waals surface area contributed by atoms with E-state index in [1.807, 2.05) is 6.92 Å². The summed E-state index contributed by atoms with van der Waals surface area (Å²) in [6.07, 6.45) is -0.916. The number of hydrogen-bond donors (Lipinski definition) is 0. The van der Waals surface area contributed by atoms with Crippen molar-refractivity contribution in [3.05, 3.63) is 65.7 Å². The van der Waals surface area contributed by atoms with Gasteiger partial charge in [-0.25, -0.2) is 0 Å². The monoisotopic (exact) mass is 423 g/mol. The molecule has 0 amide bonds. The van der Waals surface area contributed by atoms with E-state index in [1.165, 1.54) is 12.1 Å². The van der Waals surface area contributed by atoms with Crippen molar-refractivity contribution >= 4 is 23.1 Å². The minimum atomic E-state index is -4.12. The van der Waals surface area contributed by atoms with Crippen molar-refractivity contribution in [2.75, 3.05) is 0 Å². The van der Waals surface area contributed by atoms with Gasteiger partial charge in [0.2, 0.25) is 0 Å². The zero-order valence-corrected chi connectivity index (χ0v) is 18.4. The summed E-state index contributed by atoms with van der Waals surface area (Å²) in [5, 5.41) is 0. The number of hydrogen-bond acceptors (Lipinski definition) is 5. The van der Waals surface area contributed by atoms with Crippen molar-refractivity contribution in [3.63, 3.8) is 0 Å². The third-order valence-corrected chi connectivity index (χ3v) is 7.22. The van der Waals surface area contributed by atoms with Gasteiger partial charge in [0.15, 0.2) is 5.45 Å². The van der Waals surface area contributed by atoms with Gasteiger partial charge in [-0.2, -0.15) is 12.8 Å². The number of benzene rings is 2. The van der Waals surface area contributed by atoms with Gasteiger partial charge in [-0.15, -0.1) is 0 Å². The second-order valence-electron chi connectivity index (χ2n) is 6.87. The highest BCUT2D eigenvalue weighted by Gasteiger charge is 2.37. The van der Waals surface area contributed by atoms with Crippen molar-refractivity contribution in [1.29, 1.82) is 0 Å². The molecule has 0 N–H and O–H groups in total. The van der Waals surface area contributed by atoms with Gasteiger partial charge < -0.3 is 9.05 Å². The lowest BCUT2D eigenvalue weighted by atomic mass is 10.2. The molecule has 0 fully saturated rings. The molecule has 0 saturated carbocycles. The molecule has 6 nitrogen and oxygen atoms in total. The smallest absolute Gasteiger partial charge is 0.301 e. The highest BCUT2D eigenvalue weighted by atomic mass is 32.2. The Bertz CT molecular complexity index is 953. The summed E-state index contributed by atoms with van der Waals surface area (Å²) in [6.45, 7) is 8.66. The summed E-state index contributed by atoms with van der Waals surface area (Å²) >= 11 is 0. The molecule has 0 saturated heterocycles. The Morgan fingerprint density at radius 2 is 1.39 bits per heavy atom. The quantitative estimate of drug-likeness (QED) is 0.432. The number of aryl methyl sites for hydroxylation is 1. The van der Waals surface area contributed by atoms with Crippen molar-refractivity contribution < 1.29 is 22.0 Å². The molecule has 0 atom stereocenters. The van der Waals surface area contributed by atoms with Crippen LogP contribution in [-0.2, 0) is 23.6 Å². The maximum absolute atomic E-state index is 13.7. The molecule has 0 aromatic heterocycles.